The first-order valence-corrected chi connectivity index (χ1v) is 9.23. The monoisotopic (exact) mass is 398 g/mol. The van der Waals surface area contributed by atoms with Gasteiger partial charge in [-0.3, -0.25) is 9.78 Å². The number of aryl methyl sites for hydroxylation is 1. The predicted molar refractivity (Wildman–Crippen MR) is 108 cm³/mol. The van der Waals surface area contributed by atoms with E-state index in [2.05, 4.69) is 30.8 Å². The Morgan fingerprint density at radius 1 is 1.24 bits per heavy atom. The number of nitrogens with zero attached hydrogens (tertiary/aromatic N) is 5. The zero-order chi connectivity index (χ0) is 21.0. The number of nitrogens with two attached hydrogens (primary N) is 1. The van der Waals surface area contributed by atoms with Gasteiger partial charge in [-0.15, -0.1) is 4.80 Å². The molecule has 4 N–H and O–H groups in total. The zero-order valence-electron chi connectivity index (χ0n) is 16.4. The third-order valence-electron chi connectivity index (χ3n) is 4.46. The normalized spacial score (nSPS) is 13.0. The average Bonchev–Trinajstić information content (AvgIpc) is 3.24. The molecule has 0 aliphatic heterocycles. The van der Waals surface area contributed by atoms with E-state index in [1.807, 2.05) is 13.8 Å². The van der Waals surface area contributed by atoms with E-state index >= 15 is 0 Å². The first-order chi connectivity index (χ1) is 13.9. The fourth-order valence-corrected chi connectivity index (χ4v) is 2.61. The molecule has 0 aromatic carbocycles. The summed E-state index contributed by atoms with van der Waals surface area (Å²) < 4.78 is 14.3. The Balaban J connectivity index is 1.97. The number of carbonyl (C=O) groups excluding carboxylic acids is 1. The van der Waals surface area contributed by atoms with Crippen LogP contribution < -0.4 is 16.4 Å². The number of carbonyl (C=O) groups is 1. The molecule has 3 rings (SSSR count). The van der Waals surface area contributed by atoms with Gasteiger partial charge in [-0.25, -0.2) is 9.37 Å². The standard InChI is InChI=1S/C19H23FN8O/c1-4-16-17(28-23-5-6-24-28)8-14(9-22-16)26-18-13(10-29)7-15(20)19(27-18)25-12(3)11(2)21/h5-12H,4,21H2,1-3H3,(H2,25,26,27). The second-order valence-electron chi connectivity index (χ2n) is 6.65. The van der Waals surface area contributed by atoms with Crippen molar-refractivity contribution in [3.05, 3.63) is 47.8 Å². The van der Waals surface area contributed by atoms with Crippen LogP contribution in [0.4, 0.5) is 21.7 Å². The Kier molecular flexibility index (Phi) is 6.13. The highest BCUT2D eigenvalue weighted by Crippen LogP contribution is 2.25. The average molecular weight is 398 g/mol. The summed E-state index contributed by atoms with van der Waals surface area (Å²) in [5.74, 6) is -0.424. The van der Waals surface area contributed by atoms with Gasteiger partial charge in [0, 0.05) is 12.1 Å². The molecule has 0 aliphatic rings. The van der Waals surface area contributed by atoms with Crippen LogP contribution in [0.2, 0.25) is 0 Å². The van der Waals surface area contributed by atoms with Gasteiger partial charge in [0.05, 0.1) is 35.5 Å². The lowest BCUT2D eigenvalue weighted by Crippen LogP contribution is -2.35. The summed E-state index contributed by atoms with van der Waals surface area (Å²) in [6.45, 7) is 5.61. The summed E-state index contributed by atoms with van der Waals surface area (Å²) >= 11 is 0. The molecule has 0 spiro atoms. The fraction of sp³-hybridized carbons (Fsp3) is 0.316. The Bertz CT molecular complexity index is 990. The number of aromatic nitrogens is 5. The molecule has 9 nitrogen and oxygen atoms in total. The fourth-order valence-electron chi connectivity index (χ4n) is 2.61. The van der Waals surface area contributed by atoms with Gasteiger partial charge >= 0.3 is 0 Å². The number of nitrogens with one attached hydrogen (secondary N) is 2. The molecular formula is C19H23FN8O. The van der Waals surface area contributed by atoms with Gasteiger partial charge < -0.3 is 16.4 Å². The smallest absolute Gasteiger partial charge is 0.166 e. The lowest BCUT2D eigenvalue weighted by Gasteiger charge is -2.19. The second-order valence-corrected chi connectivity index (χ2v) is 6.65. The maximum Gasteiger partial charge on any atom is 0.166 e. The largest absolute Gasteiger partial charge is 0.364 e. The predicted octanol–water partition coefficient (Wildman–Crippen LogP) is 2.46. The number of halogens is 1. The Morgan fingerprint density at radius 2 is 1.97 bits per heavy atom. The van der Waals surface area contributed by atoms with Crippen molar-refractivity contribution in [3.63, 3.8) is 0 Å². The number of rotatable bonds is 8. The van der Waals surface area contributed by atoms with Crippen LogP contribution in [-0.2, 0) is 6.42 Å². The van der Waals surface area contributed by atoms with Crippen LogP contribution >= 0.6 is 0 Å². The number of hydrogen-bond donors (Lipinski definition) is 3. The summed E-state index contributed by atoms with van der Waals surface area (Å²) in [5, 5.41) is 14.3. The number of anilines is 3. The minimum absolute atomic E-state index is 0.00926. The SMILES string of the molecule is CCc1ncc(Nc2nc(NC(C)C(C)N)c(F)cc2C=O)cc1-n1nccn1. The van der Waals surface area contributed by atoms with E-state index in [9.17, 15) is 9.18 Å². The molecule has 0 amide bonds. The van der Waals surface area contributed by atoms with Crippen LogP contribution in [0, 0.1) is 5.82 Å². The molecule has 152 valence electrons. The molecule has 10 heteroatoms. The minimum Gasteiger partial charge on any atom is -0.364 e. The molecular weight excluding hydrogens is 375 g/mol. The van der Waals surface area contributed by atoms with Crippen molar-refractivity contribution in [1.29, 1.82) is 0 Å². The summed E-state index contributed by atoms with van der Waals surface area (Å²) in [5.41, 5.74) is 7.98. The van der Waals surface area contributed by atoms with Gasteiger partial charge in [0.2, 0.25) is 0 Å². The van der Waals surface area contributed by atoms with Crippen LogP contribution in [0.3, 0.4) is 0 Å². The molecule has 29 heavy (non-hydrogen) atoms. The number of aldehydes is 1. The van der Waals surface area contributed by atoms with Crippen molar-refractivity contribution in [2.45, 2.75) is 39.3 Å². The van der Waals surface area contributed by atoms with E-state index < -0.39 is 5.82 Å². The van der Waals surface area contributed by atoms with E-state index in [1.165, 1.54) is 4.80 Å². The Morgan fingerprint density at radius 3 is 2.59 bits per heavy atom. The highest BCUT2D eigenvalue weighted by Gasteiger charge is 2.16. The summed E-state index contributed by atoms with van der Waals surface area (Å²) in [6.07, 6.45) is 5.99. The molecule has 0 aliphatic carbocycles. The molecule has 0 saturated carbocycles. The van der Waals surface area contributed by atoms with E-state index in [4.69, 9.17) is 5.73 Å². The van der Waals surface area contributed by atoms with Gasteiger partial charge in [-0.05, 0) is 32.4 Å². The van der Waals surface area contributed by atoms with Crippen LogP contribution in [0.5, 0.6) is 0 Å². The van der Waals surface area contributed by atoms with Crippen molar-refractivity contribution >= 4 is 23.6 Å². The number of hydrogen-bond acceptors (Lipinski definition) is 8. The molecule has 2 atom stereocenters. The Labute approximate surface area is 167 Å². The highest BCUT2D eigenvalue weighted by atomic mass is 19.1. The maximum atomic E-state index is 14.3. The van der Waals surface area contributed by atoms with Crippen molar-refractivity contribution in [3.8, 4) is 5.69 Å². The lowest BCUT2D eigenvalue weighted by molar-refractivity contribution is 0.112. The van der Waals surface area contributed by atoms with Gasteiger partial charge in [0.15, 0.2) is 17.9 Å². The van der Waals surface area contributed by atoms with Crippen LogP contribution in [0.15, 0.2) is 30.7 Å². The van der Waals surface area contributed by atoms with Crippen molar-refractivity contribution in [2.24, 2.45) is 5.73 Å². The van der Waals surface area contributed by atoms with Crippen molar-refractivity contribution < 1.29 is 9.18 Å². The minimum atomic E-state index is -0.633. The molecule has 3 aromatic rings. The van der Waals surface area contributed by atoms with Crippen LogP contribution in [0.25, 0.3) is 5.69 Å². The molecule has 0 bridgehead atoms. The van der Waals surface area contributed by atoms with Gasteiger partial charge in [0.1, 0.15) is 11.5 Å². The summed E-state index contributed by atoms with van der Waals surface area (Å²) in [7, 11) is 0. The highest BCUT2D eigenvalue weighted by molar-refractivity contribution is 5.85. The summed E-state index contributed by atoms with van der Waals surface area (Å²) in [6, 6.07) is 2.49. The maximum absolute atomic E-state index is 14.3. The number of pyridine rings is 2. The van der Waals surface area contributed by atoms with Crippen molar-refractivity contribution in [2.75, 3.05) is 10.6 Å². The first kappa shape index (κ1) is 20.3. The molecule has 0 fully saturated rings. The van der Waals surface area contributed by atoms with E-state index in [-0.39, 0.29) is 29.3 Å². The second kappa shape index (κ2) is 8.74. The zero-order valence-corrected chi connectivity index (χ0v) is 16.4. The molecule has 2 unspecified atom stereocenters. The lowest BCUT2D eigenvalue weighted by atomic mass is 10.2. The molecule has 0 saturated heterocycles. The first-order valence-electron chi connectivity index (χ1n) is 9.23. The van der Waals surface area contributed by atoms with Gasteiger partial charge in [-0.1, -0.05) is 6.92 Å². The quantitative estimate of drug-likeness (QED) is 0.494. The Hall–Kier alpha value is -3.40. The van der Waals surface area contributed by atoms with E-state index in [0.29, 0.717) is 24.1 Å². The van der Waals surface area contributed by atoms with Gasteiger partial charge in [-0.2, -0.15) is 10.2 Å². The molecule has 3 aromatic heterocycles. The third kappa shape index (κ3) is 4.54. The van der Waals surface area contributed by atoms with Gasteiger partial charge in [0.25, 0.3) is 0 Å². The van der Waals surface area contributed by atoms with E-state index in [1.54, 1.807) is 31.6 Å². The summed E-state index contributed by atoms with van der Waals surface area (Å²) in [4.78, 5) is 21.6. The third-order valence-corrected chi connectivity index (χ3v) is 4.46. The van der Waals surface area contributed by atoms with Crippen molar-refractivity contribution in [1.82, 2.24) is 25.0 Å². The molecule has 0 radical (unpaired) electrons. The molecule has 3 heterocycles. The van der Waals surface area contributed by atoms with E-state index in [0.717, 1.165) is 11.8 Å². The topological polar surface area (TPSA) is 124 Å². The van der Waals surface area contributed by atoms with Crippen LogP contribution in [0.1, 0.15) is 36.8 Å². The van der Waals surface area contributed by atoms with Crippen LogP contribution in [-0.4, -0.2) is 43.3 Å².